The molecule has 1 saturated heterocycles. The molecule has 1 aliphatic heterocycles. The number of benzene rings is 1. The van der Waals surface area contributed by atoms with E-state index in [1.165, 1.54) is 13.0 Å². The van der Waals surface area contributed by atoms with E-state index >= 15 is 0 Å². The van der Waals surface area contributed by atoms with Gasteiger partial charge in [-0.25, -0.2) is 0 Å². The molecule has 120 valence electrons. The van der Waals surface area contributed by atoms with Crippen LogP contribution in [-0.2, 0) is 0 Å². The van der Waals surface area contributed by atoms with Crippen molar-refractivity contribution < 1.29 is 0 Å². The molecule has 2 N–H and O–H groups in total. The van der Waals surface area contributed by atoms with Gasteiger partial charge in [0, 0.05) is 26.2 Å². The van der Waals surface area contributed by atoms with Gasteiger partial charge in [-0.05, 0) is 38.1 Å². The molecule has 0 bridgehead atoms. The second-order valence-electron chi connectivity index (χ2n) is 5.19. The third-order valence-corrected chi connectivity index (χ3v) is 4.28. The standard InChI is InChI=1S/C13H18Cl2N2.C3H9N/c1-2-6-16-7-9-17(10-8-16)12-5-3-4-11(14)13(12)15;1-2-3-4/h3-5H,2,6-10H2,1H3;2-4H2,1H3. The van der Waals surface area contributed by atoms with Crippen molar-refractivity contribution in [1.82, 2.24) is 4.90 Å². The van der Waals surface area contributed by atoms with Crippen LogP contribution in [0.2, 0.25) is 10.0 Å². The summed E-state index contributed by atoms with van der Waals surface area (Å²) in [5.74, 6) is 0. The second kappa shape index (κ2) is 10.3. The predicted molar refractivity (Wildman–Crippen MR) is 94.8 cm³/mol. The summed E-state index contributed by atoms with van der Waals surface area (Å²) in [7, 11) is 0. The number of rotatable bonds is 4. The van der Waals surface area contributed by atoms with E-state index in [0.717, 1.165) is 44.8 Å². The van der Waals surface area contributed by atoms with Crippen molar-refractivity contribution in [3.63, 3.8) is 0 Å². The van der Waals surface area contributed by atoms with Crippen molar-refractivity contribution in [3.8, 4) is 0 Å². The van der Waals surface area contributed by atoms with Crippen LogP contribution in [-0.4, -0.2) is 44.2 Å². The largest absolute Gasteiger partial charge is 0.368 e. The Bertz CT molecular complexity index is 403. The third kappa shape index (κ3) is 6.03. The molecule has 1 aliphatic rings. The van der Waals surface area contributed by atoms with Gasteiger partial charge in [-0.3, -0.25) is 4.90 Å². The zero-order chi connectivity index (χ0) is 15.7. The van der Waals surface area contributed by atoms with E-state index in [1.807, 2.05) is 18.2 Å². The Morgan fingerprint density at radius 1 is 1.05 bits per heavy atom. The highest BCUT2D eigenvalue weighted by atomic mass is 35.5. The summed E-state index contributed by atoms with van der Waals surface area (Å²) in [6.07, 6.45) is 2.32. The van der Waals surface area contributed by atoms with Crippen LogP contribution in [0.15, 0.2) is 18.2 Å². The molecule has 1 fully saturated rings. The van der Waals surface area contributed by atoms with Gasteiger partial charge in [0.15, 0.2) is 0 Å². The van der Waals surface area contributed by atoms with Crippen LogP contribution in [0.3, 0.4) is 0 Å². The highest BCUT2D eigenvalue weighted by Gasteiger charge is 2.18. The molecule has 21 heavy (non-hydrogen) atoms. The minimum absolute atomic E-state index is 0.639. The van der Waals surface area contributed by atoms with Crippen molar-refractivity contribution in [2.24, 2.45) is 5.73 Å². The van der Waals surface area contributed by atoms with Gasteiger partial charge in [0.2, 0.25) is 0 Å². The van der Waals surface area contributed by atoms with Gasteiger partial charge in [-0.1, -0.05) is 43.1 Å². The molecular weight excluding hydrogens is 305 g/mol. The van der Waals surface area contributed by atoms with Gasteiger partial charge in [0.1, 0.15) is 0 Å². The highest BCUT2D eigenvalue weighted by Crippen LogP contribution is 2.32. The summed E-state index contributed by atoms with van der Waals surface area (Å²) in [6.45, 7) is 10.6. The zero-order valence-electron chi connectivity index (χ0n) is 13.1. The van der Waals surface area contributed by atoms with E-state index in [-0.39, 0.29) is 0 Å². The Balaban J connectivity index is 0.000000491. The van der Waals surface area contributed by atoms with Crippen LogP contribution in [0.1, 0.15) is 26.7 Å². The lowest BCUT2D eigenvalue weighted by atomic mass is 10.2. The summed E-state index contributed by atoms with van der Waals surface area (Å²) in [6, 6.07) is 5.84. The van der Waals surface area contributed by atoms with Gasteiger partial charge in [0.05, 0.1) is 15.7 Å². The minimum atomic E-state index is 0.639. The van der Waals surface area contributed by atoms with Gasteiger partial charge < -0.3 is 10.6 Å². The fraction of sp³-hybridized carbons (Fsp3) is 0.625. The smallest absolute Gasteiger partial charge is 0.0825 e. The van der Waals surface area contributed by atoms with Gasteiger partial charge in [-0.2, -0.15) is 0 Å². The predicted octanol–water partition coefficient (Wildman–Crippen LogP) is 3.88. The normalized spacial score (nSPS) is 15.6. The number of hydrogen-bond acceptors (Lipinski definition) is 3. The van der Waals surface area contributed by atoms with E-state index < -0.39 is 0 Å². The second-order valence-corrected chi connectivity index (χ2v) is 5.98. The Labute approximate surface area is 139 Å². The lowest BCUT2D eigenvalue weighted by Gasteiger charge is -2.36. The Morgan fingerprint density at radius 2 is 1.67 bits per heavy atom. The molecular formula is C16H27Cl2N3. The quantitative estimate of drug-likeness (QED) is 0.908. The maximum Gasteiger partial charge on any atom is 0.0825 e. The first-order valence-electron chi connectivity index (χ1n) is 7.75. The Hall–Kier alpha value is -0.480. The van der Waals surface area contributed by atoms with E-state index in [9.17, 15) is 0 Å². The SMILES string of the molecule is CCCN.CCCN1CCN(c2cccc(Cl)c2Cl)CC1. The van der Waals surface area contributed by atoms with Gasteiger partial charge >= 0.3 is 0 Å². The topological polar surface area (TPSA) is 32.5 Å². The minimum Gasteiger partial charge on any atom is -0.368 e. The summed E-state index contributed by atoms with van der Waals surface area (Å²) in [5.41, 5.74) is 6.09. The van der Waals surface area contributed by atoms with Crippen LogP contribution in [0.25, 0.3) is 0 Å². The van der Waals surface area contributed by atoms with Gasteiger partial charge in [0.25, 0.3) is 0 Å². The molecule has 0 atom stereocenters. The van der Waals surface area contributed by atoms with Crippen molar-refractivity contribution in [2.45, 2.75) is 26.7 Å². The third-order valence-electron chi connectivity index (χ3n) is 3.47. The highest BCUT2D eigenvalue weighted by molar-refractivity contribution is 6.43. The number of nitrogens with two attached hydrogens (primary N) is 1. The number of hydrogen-bond donors (Lipinski definition) is 1. The van der Waals surface area contributed by atoms with Crippen LogP contribution >= 0.6 is 23.2 Å². The molecule has 1 aromatic rings. The van der Waals surface area contributed by atoms with Crippen molar-refractivity contribution in [1.29, 1.82) is 0 Å². The summed E-state index contributed by atoms with van der Waals surface area (Å²) >= 11 is 12.3. The zero-order valence-corrected chi connectivity index (χ0v) is 14.6. The van der Waals surface area contributed by atoms with E-state index in [0.29, 0.717) is 10.0 Å². The fourth-order valence-corrected chi connectivity index (χ4v) is 2.68. The molecule has 3 nitrogen and oxygen atoms in total. The monoisotopic (exact) mass is 331 g/mol. The van der Waals surface area contributed by atoms with Crippen LogP contribution < -0.4 is 10.6 Å². The summed E-state index contributed by atoms with van der Waals surface area (Å²) < 4.78 is 0. The van der Waals surface area contributed by atoms with Gasteiger partial charge in [-0.15, -0.1) is 0 Å². The Morgan fingerprint density at radius 3 is 2.19 bits per heavy atom. The molecule has 2 rings (SSSR count). The van der Waals surface area contributed by atoms with Crippen LogP contribution in [0.5, 0.6) is 0 Å². The molecule has 0 aliphatic carbocycles. The molecule has 0 radical (unpaired) electrons. The molecule has 0 unspecified atom stereocenters. The molecule has 0 amide bonds. The van der Waals surface area contributed by atoms with E-state index in [1.54, 1.807) is 0 Å². The average Bonchev–Trinajstić information content (AvgIpc) is 2.52. The fourth-order valence-electron chi connectivity index (χ4n) is 2.27. The molecule has 5 heteroatoms. The first-order chi connectivity index (χ1) is 10.1. The number of piperazine rings is 1. The number of nitrogens with zero attached hydrogens (tertiary/aromatic N) is 2. The van der Waals surface area contributed by atoms with Crippen molar-refractivity contribution >= 4 is 28.9 Å². The molecule has 1 heterocycles. The number of anilines is 1. The molecule has 0 spiro atoms. The molecule has 0 saturated carbocycles. The van der Waals surface area contributed by atoms with Crippen LogP contribution in [0, 0.1) is 0 Å². The maximum absolute atomic E-state index is 6.24. The first kappa shape index (κ1) is 18.6. The van der Waals surface area contributed by atoms with Crippen molar-refractivity contribution in [2.75, 3.05) is 44.2 Å². The Kier molecular flexibility index (Phi) is 9.09. The molecule has 1 aromatic carbocycles. The maximum atomic E-state index is 6.24. The van der Waals surface area contributed by atoms with Crippen molar-refractivity contribution in [3.05, 3.63) is 28.2 Å². The average molecular weight is 332 g/mol. The summed E-state index contributed by atoms with van der Waals surface area (Å²) in [5, 5.41) is 1.32. The van der Waals surface area contributed by atoms with E-state index in [2.05, 4.69) is 23.6 Å². The first-order valence-corrected chi connectivity index (χ1v) is 8.51. The van der Waals surface area contributed by atoms with E-state index in [4.69, 9.17) is 28.9 Å². The summed E-state index contributed by atoms with van der Waals surface area (Å²) in [4.78, 5) is 4.81. The van der Waals surface area contributed by atoms with Crippen LogP contribution in [0.4, 0.5) is 5.69 Å². The number of halogens is 2. The lowest BCUT2D eigenvalue weighted by Crippen LogP contribution is -2.46. The molecule has 0 aromatic heterocycles. The lowest BCUT2D eigenvalue weighted by molar-refractivity contribution is 0.258.